The summed E-state index contributed by atoms with van der Waals surface area (Å²) in [4.78, 5) is 16.4. The van der Waals surface area contributed by atoms with Gasteiger partial charge in [-0.05, 0) is 50.4 Å². The lowest BCUT2D eigenvalue weighted by Crippen LogP contribution is -2.49. The summed E-state index contributed by atoms with van der Waals surface area (Å²) in [6.45, 7) is 5.14. The van der Waals surface area contributed by atoms with Crippen LogP contribution in [0.2, 0.25) is 0 Å². The molecule has 0 aromatic heterocycles. The van der Waals surface area contributed by atoms with Crippen LogP contribution in [0.15, 0.2) is 29.2 Å². The Hall–Kier alpha value is -1.00. The Balaban J connectivity index is 1.70. The fourth-order valence-electron chi connectivity index (χ4n) is 3.34. The van der Waals surface area contributed by atoms with Crippen LogP contribution in [0.25, 0.3) is 0 Å². The predicted octanol–water partition coefficient (Wildman–Crippen LogP) is 2.69. The van der Waals surface area contributed by atoms with Crippen LogP contribution in [0.5, 0.6) is 0 Å². The van der Waals surface area contributed by atoms with Crippen LogP contribution in [-0.4, -0.2) is 41.7 Å². The van der Waals surface area contributed by atoms with Gasteiger partial charge in [0.25, 0.3) is 0 Å². The van der Waals surface area contributed by atoms with E-state index in [1.165, 1.54) is 10.5 Å². The van der Waals surface area contributed by atoms with E-state index in [-0.39, 0.29) is 5.25 Å². The molecule has 1 aromatic rings. The molecule has 0 radical (unpaired) electrons. The molecule has 114 valence electrons. The molecule has 1 aromatic carbocycles. The third-order valence-electron chi connectivity index (χ3n) is 4.42. The van der Waals surface area contributed by atoms with Gasteiger partial charge in [0.15, 0.2) is 0 Å². The highest BCUT2D eigenvalue weighted by Crippen LogP contribution is 2.38. The van der Waals surface area contributed by atoms with Crippen LogP contribution in [0.4, 0.5) is 0 Å². The van der Waals surface area contributed by atoms with Crippen molar-refractivity contribution < 1.29 is 4.79 Å². The van der Waals surface area contributed by atoms with Crippen molar-refractivity contribution in [3.63, 3.8) is 0 Å². The van der Waals surface area contributed by atoms with Gasteiger partial charge in [0.2, 0.25) is 5.91 Å². The number of benzene rings is 1. The fourth-order valence-corrected chi connectivity index (χ4v) is 4.60. The summed E-state index contributed by atoms with van der Waals surface area (Å²) in [5, 5.41) is 3.48. The quantitative estimate of drug-likeness (QED) is 0.928. The Bertz CT molecular complexity index is 474. The maximum absolute atomic E-state index is 13.0. The Kier molecular flexibility index (Phi) is 4.86. The van der Waals surface area contributed by atoms with Gasteiger partial charge < -0.3 is 10.2 Å². The Morgan fingerprint density at radius 1 is 1.33 bits per heavy atom. The molecule has 2 aliphatic rings. The van der Waals surface area contributed by atoms with E-state index in [0.29, 0.717) is 11.9 Å². The molecule has 2 aliphatic heterocycles. The zero-order valence-electron chi connectivity index (χ0n) is 12.7. The van der Waals surface area contributed by atoms with E-state index in [1.807, 2.05) is 0 Å². The molecule has 21 heavy (non-hydrogen) atoms. The number of hydrogen-bond acceptors (Lipinski definition) is 3. The van der Waals surface area contributed by atoms with E-state index in [9.17, 15) is 4.79 Å². The van der Waals surface area contributed by atoms with Crippen LogP contribution in [0.3, 0.4) is 0 Å². The number of nitrogens with one attached hydrogen (secondary N) is 1. The first kappa shape index (κ1) is 14.9. The van der Waals surface area contributed by atoms with E-state index in [2.05, 4.69) is 41.4 Å². The molecule has 1 atom stereocenters. The molecular formula is C17H24N2OS. The van der Waals surface area contributed by atoms with Gasteiger partial charge in [-0.2, -0.15) is 0 Å². The van der Waals surface area contributed by atoms with E-state index in [1.54, 1.807) is 11.8 Å². The lowest BCUT2D eigenvalue weighted by molar-refractivity contribution is -0.133. The molecule has 3 nitrogen and oxygen atoms in total. The third kappa shape index (κ3) is 3.27. The average molecular weight is 304 g/mol. The molecular weight excluding hydrogens is 280 g/mol. The van der Waals surface area contributed by atoms with Crippen molar-refractivity contribution in [1.29, 1.82) is 0 Å². The predicted molar refractivity (Wildman–Crippen MR) is 87.7 cm³/mol. The molecule has 3 rings (SSSR count). The number of thioether (sulfide) groups is 1. The standard InChI is InChI=1S/C17H24N2OS/c1-2-11-19(14-7-9-18-10-8-14)17(20)16-12-13-5-3-4-6-15(13)21-16/h3-6,14,16,18H,2,7-12H2,1H3. The first-order valence-corrected chi connectivity index (χ1v) is 8.93. The molecule has 1 N–H and O–H groups in total. The summed E-state index contributed by atoms with van der Waals surface area (Å²) in [5.74, 6) is 0.352. The Morgan fingerprint density at radius 2 is 2.10 bits per heavy atom. The highest BCUT2D eigenvalue weighted by Gasteiger charge is 2.34. The van der Waals surface area contributed by atoms with E-state index in [4.69, 9.17) is 0 Å². The summed E-state index contributed by atoms with van der Waals surface area (Å²) in [5.41, 5.74) is 1.34. The number of hydrogen-bond donors (Lipinski definition) is 1. The van der Waals surface area contributed by atoms with Crippen molar-refractivity contribution in [2.24, 2.45) is 0 Å². The first-order valence-electron chi connectivity index (χ1n) is 8.05. The van der Waals surface area contributed by atoms with Gasteiger partial charge in [-0.1, -0.05) is 25.1 Å². The van der Waals surface area contributed by atoms with E-state index < -0.39 is 0 Å². The SMILES string of the molecule is CCCN(C(=O)C1Cc2ccccc2S1)C1CCNCC1. The molecule has 0 spiro atoms. The second kappa shape index (κ2) is 6.84. The van der Waals surface area contributed by atoms with Crippen molar-refractivity contribution in [2.45, 2.75) is 48.8 Å². The normalized spacial score (nSPS) is 22.0. The lowest BCUT2D eigenvalue weighted by Gasteiger charge is -2.36. The second-order valence-electron chi connectivity index (χ2n) is 5.93. The largest absolute Gasteiger partial charge is 0.339 e. The number of carbonyl (C=O) groups excluding carboxylic acids is 1. The molecule has 0 bridgehead atoms. The van der Waals surface area contributed by atoms with Crippen molar-refractivity contribution in [3.8, 4) is 0 Å². The van der Waals surface area contributed by atoms with Gasteiger partial charge >= 0.3 is 0 Å². The summed E-state index contributed by atoms with van der Waals surface area (Å²) in [6.07, 6.45) is 4.12. The highest BCUT2D eigenvalue weighted by atomic mass is 32.2. The first-order chi connectivity index (χ1) is 10.3. The fraction of sp³-hybridized carbons (Fsp3) is 0.588. The molecule has 1 saturated heterocycles. The smallest absolute Gasteiger partial charge is 0.236 e. The van der Waals surface area contributed by atoms with Crippen LogP contribution in [-0.2, 0) is 11.2 Å². The molecule has 2 heterocycles. The molecule has 0 saturated carbocycles. The monoisotopic (exact) mass is 304 g/mol. The second-order valence-corrected chi connectivity index (χ2v) is 7.18. The van der Waals surface area contributed by atoms with Crippen molar-refractivity contribution in [3.05, 3.63) is 29.8 Å². The van der Waals surface area contributed by atoms with Crippen molar-refractivity contribution in [1.82, 2.24) is 10.2 Å². The van der Waals surface area contributed by atoms with Gasteiger partial charge in [-0.15, -0.1) is 11.8 Å². The molecule has 1 fully saturated rings. The number of carbonyl (C=O) groups is 1. The van der Waals surface area contributed by atoms with E-state index in [0.717, 1.165) is 45.3 Å². The minimum Gasteiger partial charge on any atom is -0.339 e. The number of nitrogens with zero attached hydrogens (tertiary/aromatic N) is 1. The lowest BCUT2D eigenvalue weighted by atomic mass is 10.0. The van der Waals surface area contributed by atoms with Crippen LogP contribution in [0, 0.1) is 0 Å². The molecule has 0 aliphatic carbocycles. The summed E-state index contributed by atoms with van der Waals surface area (Å²) < 4.78 is 0. The Morgan fingerprint density at radius 3 is 2.81 bits per heavy atom. The van der Waals surface area contributed by atoms with Crippen LogP contribution < -0.4 is 5.32 Å². The topological polar surface area (TPSA) is 32.3 Å². The maximum Gasteiger partial charge on any atom is 0.236 e. The van der Waals surface area contributed by atoms with Gasteiger partial charge in [0, 0.05) is 17.5 Å². The maximum atomic E-state index is 13.0. The Labute approximate surface area is 131 Å². The zero-order valence-corrected chi connectivity index (χ0v) is 13.5. The van der Waals surface area contributed by atoms with Gasteiger partial charge in [-0.25, -0.2) is 0 Å². The minimum absolute atomic E-state index is 0.0869. The van der Waals surface area contributed by atoms with Crippen LogP contribution in [0.1, 0.15) is 31.7 Å². The van der Waals surface area contributed by atoms with Gasteiger partial charge in [0.05, 0.1) is 5.25 Å². The molecule has 1 unspecified atom stereocenters. The highest BCUT2D eigenvalue weighted by molar-refractivity contribution is 8.01. The zero-order chi connectivity index (χ0) is 14.7. The van der Waals surface area contributed by atoms with Crippen molar-refractivity contribution in [2.75, 3.05) is 19.6 Å². The summed E-state index contributed by atoms with van der Waals surface area (Å²) in [6, 6.07) is 8.87. The number of fused-ring (bicyclic) bond motifs is 1. The molecule has 1 amide bonds. The molecule has 4 heteroatoms. The number of amides is 1. The van der Waals surface area contributed by atoms with Crippen molar-refractivity contribution >= 4 is 17.7 Å². The number of piperidine rings is 1. The van der Waals surface area contributed by atoms with Crippen LogP contribution >= 0.6 is 11.8 Å². The number of rotatable bonds is 4. The third-order valence-corrected chi connectivity index (χ3v) is 5.72. The van der Waals surface area contributed by atoms with Gasteiger partial charge in [0.1, 0.15) is 0 Å². The summed E-state index contributed by atoms with van der Waals surface area (Å²) >= 11 is 1.76. The average Bonchev–Trinajstić information content (AvgIpc) is 2.97. The van der Waals surface area contributed by atoms with E-state index >= 15 is 0 Å². The van der Waals surface area contributed by atoms with Gasteiger partial charge in [-0.3, -0.25) is 4.79 Å². The minimum atomic E-state index is 0.0869. The summed E-state index contributed by atoms with van der Waals surface area (Å²) in [7, 11) is 0.